The fourth-order valence-electron chi connectivity index (χ4n) is 3.74. The summed E-state index contributed by atoms with van der Waals surface area (Å²) < 4.78 is 25.4. The lowest BCUT2D eigenvalue weighted by Crippen LogP contribution is -2.56. The van der Waals surface area contributed by atoms with Gasteiger partial charge in [0, 0.05) is 29.7 Å². The molecule has 0 aliphatic carbocycles. The van der Waals surface area contributed by atoms with Gasteiger partial charge in [0.05, 0.1) is 10.2 Å². The van der Waals surface area contributed by atoms with Crippen LogP contribution in [0.15, 0.2) is 36.0 Å². The van der Waals surface area contributed by atoms with E-state index in [1.54, 1.807) is 32.1 Å². The average molecular weight is 338 g/mol. The van der Waals surface area contributed by atoms with E-state index in [1.165, 1.54) is 12.1 Å². The Bertz CT molecular complexity index is 804. The molecule has 4 atom stereocenters. The van der Waals surface area contributed by atoms with E-state index in [0.29, 0.717) is 11.3 Å². The van der Waals surface area contributed by atoms with Crippen LogP contribution in [0.2, 0.25) is 0 Å². The summed E-state index contributed by atoms with van der Waals surface area (Å²) in [5, 5.41) is 23.1. The molecule has 0 spiro atoms. The van der Waals surface area contributed by atoms with Crippen molar-refractivity contribution in [2.24, 2.45) is 0 Å². The van der Waals surface area contributed by atoms with Gasteiger partial charge in [-0.15, -0.1) is 0 Å². The first-order valence-corrected chi connectivity index (χ1v) is 8.93. The fourth-order valence-corrected chi connectivity index (χ4v) is 6.06. The number of aliphatic hydroxyl groups is 1. The van der Waals surface area contributed by atoms with Gasteiger partial charge in [0.2, 0.25) is 0 Å². The lowest BCUT2D eigenvalue weighted by atomic mass is 9.83. The predicted octanol–water partition coefficient (Wildman–Crippen LogP) is 1.45. The van der Waals surface area contributed by atoms with Crippen molar-refractivity contribution in [2.75, 3.05) is 0 Å². The molecule has 0 radical (unpaired) electrons. The van der Waals surface area contributed by atoms with Crippen LogP contribution in [0.3, 0.4) is 0 Å². The molecule has 2 aliphatic rings. The van der Waals surface area contributed by atoms with Crippen LogP contribution in [0.5, 0.6) is 0 Å². The van der Waals surface area contributed by atoms with Crippen molar-refractivity contribution in [3.05, 3.63) is 51.7 Å². The minimum Gasteiger partial charge on any atom is -0.370 e. The summed E-state index contributed by atoms with van der Waals surface area (Å²) in [5.41, 5.74) is -0.831. The number of hydrogen-bond donors (Lipinski definition) is 2. The molecule has 1 aromatic carbocycles. The molecule has 0 aromatic heterocycles. The molecular weight excluding hydrogens is 320 g/mol. The zero-order valence-electron chi connectivity index (χ0n) is 12.8. The van der Waals surface area contributed by atoms with Gasteiger partial charge in [0.1, 0.15) is 5.25 Å². The molecule has 7 nitrogen and oxygen atoms in total. The molecule has 124 valence electrons. The Morgan fingerprint density at radius 2 is 2.04 bits per heavy atom. The van der Waals surface area contributed by atoms with Crippen LogP contribution in [0, 0.1) is 10.1 Å². The Hall–Kier alpha value is -1.93. The summed E-state index contributed by atoms with van der Waals surface area (Å²) in [4.78, 5) is 10.8. The van der Waals surface area contributed by atoms with Gasteiger partial charge in [-0.25, -0.2) is 8.42 Å². The Balaban J connectivity index is 2.22. The molecule has 2 heterocycles. The van der Waals surface area contributed by atoms with E-state index >= 15 is 0 Å². The van der Waals surface area contributed by atoms with Gasteiger partial charge in [-0.1, -0.05) is 24.3 Å². The van der Waals surface area contributed by atoms with E-state index in [1.807, 2.05) is 0 Å². The van der Waals surface area contributed by atoms with E-state index in [9.17, 15) is 23.6 Å². The Morgan fingerprint density at radius 1 is 1.39 bits per heavy atom. The molecule has 3 rings (SSSR count). The van der Waals surface area contributed by atoms with Crippen LogP contribution < -0.4 is 5.32 Å². The number of fused-ring (bicyclic) bond motifs is 1. The lowest BCUT2D eigenvalue weighted by Gasteiger charge is -2.39. The number of allylic oxidation sites excluding steroid dienone is 2. The summed E-state index contributed by atoms with van der Waals surface area (Å²) in [6, 6.07) is 6.08. The zero-order chi connectivity index (χ0) is 17.0. The zero-order valence-corrected chi connectivity index (χ0v) is 13.6. The highest BCUT2D eigenvalue weighted by atomic mass is 32.2. The monoisotopic (exact) mass is 338 g/mol. The van der Waals surface area contributed by atoms with Gasteiger partial charge in [0.15, 0.2) is 15.6 Å². The van der Waals surface area contributed by atoms with Gasteiger partial charge in [-0.05, 0) is 13.8 Å². The first kappa shape index (κ1) is 15.9. The number of benzene rings is 1. The highest BCUT2D eigenvalue weighted by molar-refractivity contribution is 7.93. The fraction of sp³-hybridized carbons (Fsp3) is 0.467. The van der Waals surface area contributed by atoms with Crippen LogP contribution in [0.4, 0.5) is 5.69 Å². The van der Waals surface area contributed by atoms with Crippen molar-refractivity contribution in [2.45, 2.75) is 42.4 Å². The number of nitro benzene ring substituents is 1. The lowest BCUT2D eigenvalue weighted by molar-refractivity contribution is -0.385. The van der Waals surface area contributed by atoms with Crippen molar-refractivity contribution in [1.82, 2.24) is 5.32 Å². The predicted molar refractivity (Wildman–Crippen MR) is 84.5 cm³/mol. The minimum absolute atomic E-state index is 0.0578. The molecular formula is C15H18N2O5S. The van der Waals surface area contributed by atoms with Gasteiger partial charge < -0.3 is 10.4 Å². The summed E-state index contributed by atoms with van der Waals surface area (Å²) in [6.45, 7) is 3.27. The number of sulfone groups is 1. The third-order valence-corrected chi connectivity index (χ3v) is 7.33. The molecule has 2 aliphatic heterocycles. The first-order chi connectivity index (χ1) is 10.7. The number of nitrogens with zero attached hydrogens (tertiary/aromatic N) is 1. The maximum absolute atomic E-state index is 12.7. The third-order valence-electron chi connectivity index (χ3n) is 4.65. The van der Waals surface area contributed by atoms with Crippen molar-refractivity contribution in [1.29, 1.82) is 0 Å². The molecule has 1 aromatic rings. The van der Waals surface area contributed by atoms with Crippen molar-refractivity contribution in [3.8, 4) is 0 Å². The highest BCUT2D eigenvalue weighted by Gasteiger charge is 2.60. The number of nitro groups is 1. The second kappa shape index (κ2) is 5.04. The topological polar surface area (TPSA) is 110 Å². The quantitative estimate of drug-likeness (QED) is 0.624. The molecule has 1 saturated heterocycles. The smallest absolute Gasteiger partial charge is 0.273 e. The average Bonchev–Trinajstić information content (AvgIpc) is 2.63. The van der Waals surface area contributed by atoms with Gasteiger partial charge in [-0.2, -0.15) is 0 Å². The van der Waals surface area contributed by atoms with Gasteiger partial charge in [-0.3, -0.25) is 10.1 Å². The molecule has 2 N–H and O–H groups in total. The van der Waals surface area contributed by atoms with Crippen LogP contribution in [-0.4, -0.2) is 34.7 Å². The van der Waals surface area contributed by atoms with Crippen LogP contribution in [0.25, 0.3) is 0 Å². The number of hydrogen-bond acceptors (Lipinski definition) is 6. The van der Waals surface area contributed by atoms with Crippen LogP contribution in [0.1, 0.15) is 31.7 Å². The summed E-state index contributed by atoms with van der Waals surface area (Å²) in [5.74, 6) is -0.766. The van der Waals surface area contributed by atoms with E-state index in [2.05, 4.69) is 5.32 Å². The molecule has 8 heteroatoms. The van der Waals surface area contributed by atoms with Gasteiger partial charge in [0.25, 0.3) is 5.69 Å². The maximum atomic E-state index is 12.7. The minimum atomic E-state index is -3.63. The maximum Gasteiger partial charge on any atom is 0.273 e. The van der Waals surface area contributed by atoms with Crippen molar-refractivity contribution < 1.29 is 18.4 Å². The number of para-hydroxylation sites is 1. The summed E-state index contributed by atoms with van der Waals surface area (Å²) in [7, 11) is -3.63. The number of rotatable bonds is 2. The van der Waals surface area contributed by atoms with E-state index in [-0.39, 0.29) is 12.1 Å². The molecule has 1 fully saturated rings. The van der Waals surface area contributed by atoms with Gasteiger partial charge >= 0.3 is 0 Å². The van der Waals surface area contributed by atoms with Crippen LogP contribution in [-0.2, 0) is 9.84 Å². The molecule has 4 unspecified atom stereocenters. The first-order valence-electron chi connectivity index (χ1n) is 7.32. The molecule has 0 amide bonds. The van der Waals surface area contributed by atoms with Crippen LogP contribution >= 0.6 is 0 Å². The Labute approximate surface area is 134 Å². The highest BCUT2D eigenvalue weighted by Crippen LogP contribution is 2.47. The second-order valence-electron chi connectivity index (χ2n) is 6.27. The summed E-state index contributed by atoms with van der Waals surface area (Å²) >= 11 is 0. The van der Waals surface area contributed by atoms with E-state index < -0.39 is 36.9 Å². The standard InChI is InChI=1S/C15H18N2O5S/c1-9-7-12(11-5-3-4-6-13(11)17(19)20)14-15(18,16-9)8-10(2)23(14,21)22/h3-7,10,12,14,16,18H,8H2,1-2H3. The van der Waals surface area contributed by atoms with Crippen molar-refractivity contribution in [3.63, 3.8) is 0 Å². The SMILES string of the molecule is CC1=CC(c2ccccc2[N+](=O)[O-])C2C(O)(CC(C)S2(=O)=O)N1. The molecule has 0 bridgehead atoms. The largest absolute Gasteiger partial charge is 0.370 e. The van der Waals surface area contributed by atoms with E-state index in [0.717, 1.165) is 0 Å². The second-order valence-corrected chi connectivity index (χ2v) is 8.76. The Kier molecular flexibility index (Phi) is 3.49. The normalized spacial score (nSPS) is 35.1. The van der Waals surface area contributed by atoms with E-state index in [4.69, 9.17) is 0 Å². The van der Waals surface area contributed by atoms with Crippen molar-refractivity contribution >= 4 is 15.5 Å². The number of nitrogens with one attached hydrogen (secondary N) is 1. The third kappa shape index (κ3) is 2.33. The summed E-state index contributed by atoms with van der Waals surface area (Å²) in [6.07, 6.45) is 1.71. The molecule has 23 heavy (non-hydrogen) atoms. The Morgan fingerprint density at radius 3 is 2.70 bits per heavy atom. The molecule has 0 saturated carbocycles.